The van der Waals surface area contributed by atoms with E-state index in [2.05, 4.69) is 11.1 Å². The molecule has 0 aliphatic heterocycles. The topological polar surface area (TPSA) is 53.7 Å². The summed E-state index contributed by atoms with van der Waals surface area (Å²) in [5.41, 5.74) is 4.27. The Kier molecular flexibility index (Phi) is 3.24. The first-order valence-corrected chi connectivity index (χ1v) is 6.85. The van der Waals surface area contributed by atoms with Gasteiger partial charge in [0.05, 0.1) is 29.4 Å². The van der Waals surface area contributed by atoms with Crippen molar-refractivity contribution in [3.63, 3.8) is 0 Å². The van der Waals surface area contributed by atoms with E-state index < -0.39 is 0 Å². The van der Waals surface area contributed by atoms with Crippen molar-refractivity contribution in [1.82, 2.24) is 9.55 Å². The van der Waals surface area contributed by atoms with Crippen molar-refractivity contribution in [1.29, 1.82) is 5.26 Å². The Morgan fingerprint density at radius 3 is 2.76 bits per heavy atom. The van der Waals surface area contributed by atoms with Crippen LogP contribution in [0.1, 0.15) is 11.1 Å². The largest absolute Gasteiger partial charge is 0.497 e. The number of hydrogen-bond acceptors (Lipinski definition) is 3. The number of aromatic nitrogens is 2. The molecule has 0 saturated heterocycles. The van der Waals surface area contributed by atoms with Gasteiger partial charge in [-0.25, -0.2) is 0 Å². The minimum atomic E-state index is 0.570. The molecule has 0 aliphatic carbocycles. The van der Waals surface area contributed by atoms with E-state index in [1.165, 1.54) is 0 Å². The van der Waals surface area contributed by atoms with Gasteiger partial charge in [0.15, 0.2) is 4.77 Å². The fourth-order valence-electron chi connectivity index (χ4n) is 2.47. The lowest BCUT2D eigenvalue weighted by Gasteiger charge is -2.10. The third kappa shape index (κ3) is 2.10. The molecular weight excluding hydrogens is 282 g/mol. The standard InChI is InChI=1S/C16H13N3OS/c1-10-8-12(20-2)6-7-13(10)19-14-5-3-4-11(9-17)15(14)18-16(19)21/h3-8H,1-2H3,(H,18,21). The number of rotatable bonds is 2. The summed E-state index contributed by atoms with van der Waals surface area (Å²) in [6.45, 7) is 2.01. The van der Waals surface area contributed by atoms with Gasteiger partial charge in [0.25, 0.3) is 0 Å². The summed E-state index contributed by atoms with van der Waals surface area (Å²) in [5.74, 6) is 0.806. The Labute approximate surface area is 127 Å². The van der Waals surface area contributed by atoms with Gasteiger partial charge in [0.1, 0.15) is 11.8 Å². The number of nitriles is 1. The smallest absolute Gasteiger partial charge is 0.182 e. The molecule has 2 aromatic carbocycles. The fourth-order valence-corrected chi connectivity index (χ4v) is 2.77. The predicted molar refractivity (Wildman–Crippen MR) is 84.5 cm³/mol. The van der Waals surface area contributed by atoms with Crippen molar-refractivity contribution < 1.29 is 4.74 Å². The van der Waals surface area contributed by atoms with Gasteiger partial charge >= 0.3 is 0 Å². The molecule has 0 bridgehead atoms. The molecule has 0 fully saturated rings. The van der Waals surface area contributed by atoms with Crippen molar-refractivity contribution >= 4 is 23.3 Å². The Morgan fingerprint density at radius 2 is 2.10 bits per heavy atom. The maximum absolute atomic E-state index is 9.20. The molecule has 0 atom stereocenters. The summed E-state index contributed by atoms with van der Waals surface area (Å²) in [6.07, 6.45) is 0. The van der Waals surface area contributed by atoms with Crippen molar-refractivity contribution in [2.45, 2.75) is 6.92 Å². The normalized spacial score (nSPS) is 10.5. The average Bonchev–Trinajstić information content (AvgIpc) is 2.83. The van der Waals surface area contributed by atoms with Gasteiger partial charge in [-0.2, -0.15) is 5.26 Å². The van der Waals surface area contributed by atoms with E-state index in [-0.39, 0.29) is 0 Å². The van der Waals surface area contributed by atoms with Crippen LogP contribution in [0.25, 0.3) is 16.7 Å². The molecule has 1 N–H and O–H groups in total. The highest BCUT2D eigenvalue weighted by molar-refractivity contribution is 7.71. The maximum atomic E-state index is 9.20. The maximum Gasteiger partial charge on any atom is 0.182 e. The lowest BCUT2D eigenvalue weighted by Crippen LogP contribution is -1.97. The summed E-state index contributed by atoms with van der Waals surface area (Å²) in [6, 6.07) is 13.6. The molecule has 0 saturated carbocycles. The molecule has 5 heteroatoms. The van der Waals surface area contributed by atoms with E-state index in [0.29, 0.717) is 10.3 Å². The van der Waals surface area contributed by atoms with Crippen LogP contribution in [0.5, 0.6) is 5.75 Å². The van der Waals surface area contributed by atoms with Gasteiger partial charge in [0, 0.05) is 0 Å². The molecule has 4 nitrogen and oxygen atoms in total. The van der Waals surface area contributed by atoms with E-state index in [1.54, 1.807) is 13.2 Å². The lowest BCUT2D eigenvalue weighted by atomic mass is 10.1. The zero-order valence-electron chi connectivity index (χ0n) is 11.7. The van der Waals surface area contributed by atoms with Gasteiger partial charge in [0.2, 0.25) is 0 Å². The molecule has 104 valence electrons. The third-order valence-corrected chi connectivity index (χ3v) is 3.77. The first kappa shape index (κ1) is 13.4. The Balaban J connectivity index is 2.34. The van der Waals surface area contributed by atoms with E-state index in [1.807, 2.05) is 41.8 Å². The number of H-pyrrole nitrogens is 1. The minimum absolute atomic E-state index is 0.570. The number of fused-ring (bicyclic) bond motifs is 1. The number of para-hydroxylation sites is 1. The summed E-state index contributed by atoms with van der Waals surface area (Å²) in [7, 11) is 1.64. The second kappa shape index (κ2) is 5.08. The summed E-state index contributed by atoms with van der Waals surface area (Å²) in [4.78, 5) is 3.12. The molecular formula is C16H13N3OS. The average molecular weight is 295 g/mol. The molecule has 0 unspecified atom stereocenters. The number of nitrogens with one attached hydrogen (secondary N) is 1. The van der Waals surface area contributed by atoms with Crippen LogP contribution in [0.4, 0.5) is 0 Å². The molecule has 3 aromatic rings. The van der Waals surface area contributed by atoms with Gasteiger partial charge in [-0.3, -0.25) is 4.57 Å². The zero-order chi connectivity index (χ0) is 15.0. The highest BCUT2D eigenvalue weighted by Gasteiger charge is 2.11. The molecule has 0 radical (unpaired) electrons. The fraction of sp³-hybridized carbons (Fsp3) is 0.125. The van der Waals surface area contributed by atoms with Crippen LogP contribution in [0.3, 0.4) is 0 Å². The minimum Gasteiger partial charge on any atom is -0.497 e. The zero-order valence-corrected chi connectivity index (χ0v) is 12.5. The molecule has 21 heavy (non-hydrogen) atoms. The number of benzene rings is 2. The van der Waals surface area contributed by atoms with E-state index in [4.69, 9.17) is 17.0 Å². The number of methoxy groups -OCH3 is 1. The highest BCUT2D eigenvalue weighted by Crippen LogP contribution is 2.26. The molecule has 0 amide bonds. The van der Waals surface area contributed by atoms with E-state index in [0.717, 1.165) is 28.0 Å². The number of aryl methyl sites for hydroxylation is 1. The summed E-state index contributed by atoms with van der Waals surface area (Å²) < 4.78 is 7.75. The van der Waals surface area contributed by atoms with Crippen molar-refractivity contribution in [2.75, 3.05) is 7.11 Å². The molecule has 0 aliphatic rings. The highest BCUT2D eigenvalue weighted by atomic mass is 32.1. The number of hydrogen-bond donors (Lipinski definition) is 1. The van der Waals surface area contributed by atoms with Crippen molar-refractivity contribution in [3.05, 3.63) is 52.3 Å². The quantitative estimate of drug-likeness (QED) is 0.730. The van der Waals surface area contributed by atoms with Crippen LogP contribution in [0.2, 0.25) is 0 Å². The molecule has 1 heterocycles. The Bertz CT molecular complexity index is 931. The SMILES string of the molecule is COc1ccc(-n2c(=S)[nH]c3c(C#N)cccc32)c(C)c1. The van der Waals surface area contributed by atoms with Gasteiger partial charge < -0.3 is 9.72 Å². The van der Waals surface area contributed by atoms with Crippen molar-refractivity contribution in [2.24, 2.45) is 0 Å². The summed E-state index contributed by atoms with van der Waals surface area (Å²) >= 11 is 5.43. The molecule has 1 aromatic heterocycles. The molecule has 3 rings (SSSR count). The van der Waals surface area contributed by atoms with Gasteiger partial charge in [-0.05, 0) is 55.0 Å². The third-order valence-electron chi connectivity index (χ3n) is 3.48. The first-order valence-electron chi connectivity index (χ1n) is 6.44. The number of nitrogens with zero attached hydrogens (tertiary/aromatic N) is 2. The van der Waals surface area contributed by atoms with Crippen LogP contribution in [0.15, 0.2) is 36.4 Å². The van der Waals surface area contributed by atoms with Crippen LogP contribution in [0, 0.1) is 23.0 Å². The predicted octanol–water partition coefficient (Wildman–Crippen LogP) is 3.88. The second-order valence-corrected chi connectivity index (χ2v) is 5.12. The van der Waals surface area contributed by atoms with Crippen LogP contribution in [-0.4, -0.2) is 16.7 Å². The van der Waals surface area contributed by atoms with E-state index >= 15 is 0 Å². The lowest BCUT2D eigenvalue weighted by molar-refractivity contribution is 0.414. The van der Waals surface area contributed by atoms with Crippen LogP contribution in [-0.2, 0) is 0 Å². The summed E-state index contributed by atoms with van der Waals surface area (Å²) in [5, 5.41) is 9.20. The van der Waals surface area contributed by atoms with Gasteiger partial charge in [-0.15, -0.1) is 0 Å². The van der Waals surface area contributed by atoms with Crippen LogP contribution < -0.4 is 4.74 Å². The van der Waals surface area contributed by atoms with E-state index in [9.17, 15) is 5.26 Å². The Hall–Kier alpha value is -2.58. The number of ether oxygens (including phenoxy) is 1. The second-order valence-electron chi connectivity index (χ2n) is 4.73. The van der Waals surface area contributed by atoms with Crippen molar-refractivity contribution in [3.8, 4) is 17.5 Å². The number of imidazole rings is 1. The number of aromatic amines is 1. The monoisotopic (exact) mass is 295 g/mol. The Morgan fingerprint density at radius 1 is 1.29 bits per heavy atom. The first-order chi connectivity index (χ1) is 10.2. The molecule has 0 spiro atoms. The van der Waals surface area contributed by atoms with Gasteiger partial charge in [-0.1, -0.05) is 6.07 Å². The van der Waals surface area contributed by atoms with Crippen LogP contribution >= 0.6 is 12.2 Å².